The molecule has 1 heterocycles. The first-order valence-electron chi connectivity index (χ1n) is 6.75. The van der Waals surface area contributed by atoms with Gasteiger partial charge < -0.3 is 10.1 Å². The molecule has 2 rings (SSSR count). The van der Waals surface area contributed by atoms with Gasteiger partial charge in [0, 0.05) is 11.9 Å². The van der Waals surface area contributed by atoms with E-state index >= 15 is 0 Å². The van der Waals surface area contributed by atoms with Crippen molar-refractivity contribution in [1.82, 2.24) is 4.98 Å². The normalized spacial score (nSPS) is 11.8. The van der Waals surface area contributed by atoms with Crippen LogP contribution in [0.2, 0.25) is 0 Å². The molecule has 0 saturated heterocycles. The monoisotopic (exact) mass is 288 g/mol. The molecule has 1 aromatic carbocycles. The zero-order valence-corrected chi connectivity index (χ0v) is 12.0. The third-order valence-electron chi connectivity index (χ3n) is 3.02. The molecule has 2 aromatic rings. The molecular weight excluding hydrogens is 271 g/mol. The number of nitrogens with zero attached hydrogens (tertiary/aromatic N) is 1. The highest BCUT2D eigenvalue weighted by atomic mass is 19.1. The van der Waals surface area contributed by atoms with E-state index in [0.717, 1.165) is 6.20 Å². The molecule has 0 amide bonds. The maximum Gasteiger partial charge on any atom is 0.340 e. The topological polar surface area (TPSA) is 51.2 Å². The minimum Gasteiger partial charge on any atom is -0.462 e. The Morgan fingerprint density at radius 1 is 1.38 bits per heavy atom. The van der Waals surface area contributed by atoms with Gasteiger partial charge in [-0.1, -0.05) is 12.1 Å². The molecule has 1 N–H and O–H groups in total. The van der Waals surface area contributed by atoms with E-state index in [-0.39, 0.29) is 17.8 Å². The van der Waals surface area contributed by atoms with Crippen LogP contribution in [0.3, 0.4) is 0 Å². The molecule has 1 atom stereocenters. The van der Waals surface area contributed by atoms with Gasteiger partial charge in [0.25, 0.3) is 0 Å². The number of aromatic nitrogens is 1. The number of pyridine rings is 1. The molecule has 0 radical (unpaired) electrons. The second-order valence-electron chi connectivity index (χ2n) is 4.57. The largest absolute Gasteiger partial charge is 0.462 e. The van der Waals surface area contributed by atoms with Crippen LogP contribution in [0.15, 0.2) is 42.7 Å². The van der Waals surface area contributed by atoms with Crippen LogP contribution in [0.4, 0.5) is 10.1 Å². The zero-order chi connectivity index (χ0) is 15.2. The third-order valence-corrected chi connectivity index (χ3v) is 3.02. The molecule has 0 bridgehead atoms. The first-order chi connectivity index (χ1) is 10.1. The highest BCUT2D eigenvalue weighted by Crippen LogP contribution is 2.23. The van der Waals surface area contributed by atoms with Gasteiger partial charge in [0.05, 0.1) is 24.4 Å². The number of anilines is 1. The lowest BCUT2D eigenvalue weighted by atomic mass is 10.1. The Hall–Kier alpha value is -2.43. The number of halogens is 1. The number of ether oxygens (including phenoxy) is 1. The number of carbonyl (C=O) groups excluding carboxylic acids is 1. The minimum atomic E-state index is -0.389. The maximum absolute atomic E-state index is 13.2. The lowest BCUT2D eigenvalue weighted by Gasteiger charge is -2.17. The van der Waals surface area contributed by atoms with Gasteiger partial charge in [-0.25, -0.2) is 9.18 Å². The number of benzene rings is 1. The molecule has 0 aliphatic rings. The lowest BCUT2D eigenvalue weighted by molar-refractivity contribution is 0.0527. The summed E-state index contributed by atoms with van der Waals surface area (Å²) in [6.45, 7) is 3.95. The molecule has 21 heavy (non-hydrogen) atoms. The smallest absolute Gasteiger partial charge is 0.340 e. The molecule has 0 fully saturated rings. The van der Waals surface area contributed by atoms with Crippen molar-refractivity contribution in [2.75, 3.05) is 11.9 Å². The van der Waals surface area contributed by atoms with E-state index in [2.05, 4.69) is 10.3 Å². The van der Waals surface area contributed by atoms with Gasteiger partial charge in [0.15, 0.2) is 0 Å². The van der Waals surface area contributed by atoms with E-state index in [1.807, 2.05) is 13.0 Å². The Kier molecular flexibility index (Phi) is 4.87. The fourth-order valence-electron chi connectivity index (χ4n) is 1.98. The molecule has 0 spiro atoms. The van der Waals surface area contributed by atoms with Crippen molar-refractivity contribution in [3.05, 3.63) is 59.7 Å². The van der Waals surface area contributed by atoms with Crippen molar-refractivity contribution in [1.29, 1.82) is 0 Å². The van der Waals surface area contributed by atoms with Crippen molar-refractivity contribution in [3.8, 4) is 0 Å². The molecule has 110 valence electrons. The van der Waals surface area contributed by atoms with Crippen LogP contribution in [0.5, 0.6) is 0 Å². The Morgan fingerprint density at radius 2 is 2.14 bits per heavy atom. The SMILES string of the molecule is CCOC(=O)c1ccccc1NC(C)c1cncc(F)c1. The van der Waals surface area contributed by atoms with Crippen LogP contribution in [0.1, 0.15) is 35.8 Å². The van der Waals surface area contributed by atoms with Gasteiger partial charge in [-0.3, -0.25) is 4.98 Å². The highest BCUT2D eigenvalue weighted by Gasteiger charge is 2.14. The molecule has 0 saturated carbocycles. The quantitative estimate of drug-likeness (QED) is 0.855. The van der Waals surface area contributed by atoms with E-state index in [9.17, 15) is 9.18 Å². The summed E-state index contributed by atoms with van der Waals surface area (Å²) in [4.78, 5) is 15.7. The summed E-state index contributed by atoms with van der Waals surface area (Å²) in [6, 6.07) is 8.29. The van der Waals surface area contributed by atoms with Crippen molar-refractivity contribution >= 4 is 11.7 Å². The van der Waals surface area contributed by atoms with E-state index in [0.29, 0.717) is 23.4 Å². The fraction of sp³-hybridized carbons (Fsp3) is 0.250. The number of para-hydroxylation sites is 1. The highest BCUT2D eigenvalue weighted by molar-refractivity contribution is 5.95. The Balaban J connectivity index is 2.21. The van der Waals surface area contributed by atoms with Crippen molar-refractivity contribution in [2.24, 2.45) is 0 Å². The number of carbonyl (C=O) groups is 1. The van der Waals surface area contributed by atoms with Crippen LogP contribution in [0.25, 0.3) is 0 Å². The van der Waals surface area contributed by atoms with Crippen LogP contribution < -0.4 is 5.32 Å². The van der Waals surface area contributed by atoms with Gasteiger partial charge in [0.2, 0.25) is 0 Å². The standard InChI is InChI=1S/C16H17FN2O2/c1-3-21-16(20)14-6-4-5-7-15(14)19-11(2)12-8-13(17)10-18-9-12/h4-11,19H,3H2,1-2H3. The zero-order valence-electron chi connectivity index (χ0n) is 12.0. The van der Waals surface area contributed by atoms with Gasteiger partial charge in [-0.15, -0.1) is 0 Å². The van der Waals surface area contributed by atoms with E-state index in [1.165, 1.54) is 6.07 Å². The number of hydrogen-bond donors (Lipinski definition) is 1. The average Bonchev–Trinajstić information content (AvgIpc) is 2.48. The predicted molar refractivity (Wildman–Crippen MR) is 78.6 cm³/mol. The summed E-state index contributed by atoms with van der Waals surface area (Å²) in [6.07, 6.45) is 2.75. The Bertz CT molecular complexity index is 631. The first-order valence-corrected chi connectivity index (χ1v) is 6.75. The van der Waals surface area contributed by atoms with Crippen LogP contribution in [-0.4, -0.2) is 17.6 Å². The lowest BCUT2D eigenvalue weighted by Crippen LogP contribution is -2.13. The fourth-order valence-corrected chi connectivity index (χ4v) is 1.98. The minimum absolute atomic E-state index is 0.191. The van der Waals surface area contributed by atoms with E-state index in [4.69, 9.17) is 4.74 Å². The maximum atomic E-state index is 13.2. The predicted octanol–water partition coefficient (Wildman–Crippen LogP) is 3.57. The van der Waals surface area contributed by atoms with E-state index < -0.39 is 0 Å². The van der Waals surface area contributed by atoms with Gasteiger partial charge in [-0.2, -0.15) is 0 Å². The molecule has 1 aromatic heterocycles. The second-order valence-corrected chi connectivity index (χ2v) is 4.57. The summed E-state index contributed by atoms with van der Waals surface area (Å²) in [5, 5.41) is 3.19. The molecule has 5 heteroatoms. The molecule has 4 nitrogen and oxygen atoms in total. The van der Waals surface area contributed by atoms with Gasteiger partial charge in [-0.05, 0) is 37.6 Å². The van der Waals surface area contributed by atoms with Crippen molar-refractivity contribution in [3.63, 3.8) is 0 Å². The molecular formula is C16H17FN2O2. The summed E-state index contributed by atoms with van der Waals surface area (Å²) in [7, 11) is 0. The van der Waals surface area contributed by atoms with Crippen LogP contribution in [0, 0.1) is 5.82 Å². The molecule has 0 aliphatic heterocycles. The average molecular weight is 288 g/mol. The van der Waals surface area contributed by atoms with Crippen molar-refractivity contribution < 1.29 is 13.9 Å². The number of rotatable bonds is 5. The molecule has 1 unspecified atom stereocenters. The number of esters is 1. The Labute approximate surface area is 123 Å². The number of nitrogens with one attached hydrogen (secondary N) is 1. The molecule has 0 aliphatic carbocycles. The van der Waals surface area contributed by atoms with E-state index in [1.54, 1.807) is 31.3 Å². The number of hydrogen-bond acceptors (Lipinski definition) is 4. The second kappa shape index (κ2) is 6.83. The Morgan fingerprint density at radius 3 is 2.86 bits per heavy atom. The summed E-state index contributed by atoms with van der Waals surface area (Å²) < 4.78 is 18.2. The summed E-state index contributed by atoms with van der Waals surface area (Å²) >= 11 is 0. The van der Waals surface area contributed by atoms with Crippen LogP contribution >= 0.6 is 0 Å². The van der Waals surface area contributed by atoms with Gasteiger partial charge in [0.1, 0.15) is 5.82 Å². The van der Waals surface area contributed by atoms with Crippen LogP contribution in [-0.2, 0) is 4.74 Å². The first kappa shape index (κ1) is 15.0. The van der Waals surface area contributed by atoms with Crippen molar-refractivity contribution in [2.45, 2.75) is 19.9 Å². The third kappa shape index (κ3) is 3.78. The summed E-state index contributed by atoms with van der Waals surface area (Å²) in [5.74, 6) is -0.773. The van der Waals surface area contributed by atoms with Gasteiger partial charge >= 0.3 is 5.97 Å². The summed E-state index contributed by atoms with van der Waals surface area (Å²) in [5.41, 5.74) is 1.80.